The van der Waals surface area contributed by atoms with Crippen LogP contribution in [0.4, 0.5) is 15.3 Å². The molecular weight excluding hydrogens is 342 g/mol. The Hall–Kier alpha value is -2.64. The van der Waals surface area contributed by atoms with Crippen LogP contribution < -0.4 is 9.64 Å². The topological polar surface area (TPSA) is 83.5 Å². The van der Waals surface area contributed by atoms with Gasteiger partial charge >= 0.3 is 12.3 Å². The van der Waals surface area contributed by atoms with E-state index in [-0.39, 0.29) is 13.2 Å². The second-order valence-corrected chi connectivity index (χ2v) is 5.38. The minimum absolute atomic E-state index is 0.189. The molecule has 146 valence electrons. The van der Waals surface area contributed by atoms with Gasteiger partial charge in [0.15, 0.2) is 12.5 Å². The number of carbonyl (C=O) groups is 2. The Labute approximate surface area is 153 Å². The van der Waals surface area contributed by atoms with Crippen LogP contribution in [0.2, 0.25) is 0 Å². The van der Waals surface area contributed by atoms with Crippen LogP contribution in [0.5, 0.6) is 5.75 Å². The van der Waals surface area contributed by atoms with E-state index in [4.69, 9.17) is 23.7 Å². The van der Waals surface area contributed by atoms with Crippen LogP contribution in [-0.4, -0.2) is 45.1 Å². The van der Waals surface area contributed by atoms with Crippen LogP contribution in [0.1, 0.15) is 33.3 Å². The first-order valence-electron chi connectivity index (χ1n) is 8.43. The number of methoxy groups -OCH3 is 1. The quantitative estimate of drug-likeness (QED) is 0.505. The normalized spacial score (nSPS) is 12.5. The molecule has 0 fully saturated rings. The molecule has 1 rings (SSSR count). The van der Waals surface area contributed by atoms with E-state index in [9.17, 15) is 9.59 Å². The van der Waals surface area contributed by atoms with E-state index in [0.717, 1.165) is 5.56 Å². The molecule has 2 unspecified atom stereocenters. The highest BCUT2D eigenvalue weighted by atomic mass is 16.7. The molecule has 0 saturated carbocycles. The van der Waals surface area contributed by atoms with Gasteiger partial charge in [-0.25, -0.2) is 9.59 Å². The zero-order valence-electron chi connectivity index (χ0n) is 16.1. The van der Waals surface area contributed by atoms with Gasteiger partial charge in [-0.15, -0.1) is 0 Å². The zero-order valence-corrected chi connectivity index (χ0v) is 16.1. The van der Waals surface area contributed by atoms with Gasteiger partial charge in [0.1, 0.15) is 5.75 Å². The highest BCUT2D eigenvalue weighted by Gasteiger charge is 2.29. The average molecular weight is 369 g/mol. The molecule has 26 heavy (non-hydrogen) atoms. The molecule has 0 radical (unpaired) electrons. The smallest absolute Gasteiger partial charge is 0.495 e. The van der Waals surface area contributed by atoms with Crippen LogP contribution in [0, 0.1) is 6.92 Å². The molecule has 8 heteroatoms. The summed E-state index contributed by atoms with van der Waals surface area (Å²) in [6.45, 7) is 8.93. The molecule has 0 aromatic heterocycles. The molecule has 0 N–H and O–H groups in total. The molecule has 1 aromatic rings. The van der Waals surface area contributed by atoms with Gasteiger partial charge in [0.25, 0.3) is 0 Å². The Morgan fingerprint density at radius 2 is 1.50 bits per heavy atom. The summed E-state index contributed by atoms with van der Waals surface area (Å²) >= 11 is 0. The molecule has 0 spiro atoms. The lowest BCUT2D eigenvalue weighted by Crippen LogP contribution is -2.45. The Morgan fingerprint density at radius 1 is 1.00 bits per heavy atom. The van der Waals surface area contributed by atoms with Gasteiger partial charge in [0.2, 0.25) is 0 Å². The van der Waals surface area contributed by atoms with Gasteiger partial charge < -0.3 is 23.7 Å². The number of hydrogen-bond acceptors (Lipinski definition) is 8. The van der Waals surface area contributed by atoms with Crippen molar-refractivity contribution in [2.45, 2.75) is 47.1 Å². The lowest BCUT2D eigenvalue weighted by molar-refractivity contribution is -0.00272. The molecule has 0 saturated heterocycles. The van der Waals surface area contributed by atoms with Crippen LogP contribution in [0.3, 0.4) is 0 Å². The van der Waals surface area contributed by atoms with E-state index >= 15 is 0 Å². The molecule has 0 aliphatic rings. The highest BCUT2D eigenvalue weighted by molar-refractivity contribution is 5.65. The monoisotopic (exact) mass is 369 g/mol. The summed E-state index contributed by atoms with van der Waals surface area (Å²) in [4.78, 5) is 25.0. The van der Waals surface area contributed by atoms with Crippen molar-refractivity contribution in [1.29, 1.82) is 0 Å². The van der Waals surface area contributed by atoms with E-state index in [0.29, 0.717) is 11.4 Å². The van der Waals surface area contributed by atoms with Crippen LogP contribution in [0.25, 0.3) is 0 Å². The van der Waals surface area contributed by atoms with Crippen LogP contribution in [-0.2, 0) is 18.9 Å². The van der Waals surface area contributed by atoms with E-state index < -0.39 is 24.8 Å². The van der Waals surface area contributed by atoms with Crippen molar-refractivity contribution >= 4 is 18.0 Å². The maximum atomic E-state index is 11.7. The Kier molecular flexibility index (Phi) is 8.54. The van der Waals surface area contributed by atoms with Crippen LogP contribution >= 0.6 is 0 Å². The first-order valence-corrected chi connectivity index (χ1v) is 8.43. The average Bonchev–Trinajstić information content (AvgIpc) is 2.55. The number of rotatable bonds is 8. The number of aryl methyl sites for hydroxylation is 1. The van der Waals surface area contributed by atoms with Crippen molar-refractivity contribution in [2.24, 2.45) is 0 Å². The van der Waals surface area contributed by atoms with Crippen molar-refractivity contribution in [3.05, 3.63) is 23.8 Å². The Morgan fingerprint density at radius 3 is 1.92 bits per heavy atom. The van der Waals surface area contributed by atoms with Gasteiger partial charge in [-0.2, -0.15) is 0 Å². The molecule has 8 nitrogen and oxygen atoms in total. The van der Waals surface area contributed by atoms with Crippen molar-refractivity contribution in [2.75, 3.05) is 25.2 Å². The first kappa shape index (κ1) is 21.4. The number of anilines is 1. The largest absolute Gasteiger partial charge is 0.510 e. The second kappa shape index (κ2) is 10.4. The number of ether oxygens (including phenoxy) is 5. The standard InChI is InChI=1S/C18H27NO7/c1-7-23-17(20)25-13(4)19(14(5)26-18(21)24-8-2)15-11-12(3)9-10-16(15)22-6/h9-11,13-14H,7-8H2,1-6H3. The summed E-state index contributed by atoms with van der Waals surface area (Å²) in [5, 5.41) is 0. The zero-order chi connectivity index (χ0) is 19.7. The summed E-state index contributed by atoms with van der Waals surface area (Å²) in [6.07, 6.45) is -3.23. The Balaban J connectivity index is 3.18. The summed E-state index contributed by atoms with van der Waals surface area (Å²) < 4.78 is 25.6. The molecule has 0 amide bonds. The third kappa shape index (κ3) is 6.02. The van der Waals surface area contributed by atoms with Gasteiger partial charge in [-0.1, -0.05) is 6.07 Å². The molecule has 0 aliphatic carbocycles. The SMILES string of the molecule is CCOC(=O)OC(C)N(c1cc(C)ccc1OC)C(C)OC(=O)OCC. The van der Waals surface area contributed by atoms with E-state index in [2.05, 4.69) is 0 Å². The predicted molar refractivity (Wildman–Crippen MR) is 95.3 cm³/mol. The van der Waals surface area contributed by atoms with Gasteiger partial charge in [0, 0.05) is 0 Å². The summed E-state index contributed by atoms with van der Waals surface area (Å²) in [5.74, 6) is 0.536. The van der Waals surface area contributed by atoms with Crippen molar-refractivity contribution in [3.63, 3.8) is 0 Å². The van der Waals surface area contributed by atoms with Crippen LogP contribution in [0.15, 0.2) is 18.2 Å². The lowest BCUT2D eigenvalue weighted by atomic mass is 10.2. The van der Waals surface area contributed by atoms with Crippen molar-refractivity contribution < 1.29 is 33.3 Å². The van der Waals surface area contributed by atoms with E-state index in [1.807, 2.05) is 19.1 Å². The first-order chi connectivity index (χ1) is 12.3. The fourth-order valence-electron chi connectivity index (χ4n) is 2.38. The summed E-state index contributed by atoms with van der Waals surface area (Å²) in [7, 11) is 1.53. The summed E-state index contributed by atoms with van der Waals surface area (Å²) in [5.41, 5.74) is 1.55. The molecule has 2 atom stereocenters. The molecule has 1 aromatic carbocycles. The van der Waals surface area contributed by atoms with E-state index in [1.165, 1.54) is 7.11 Å². The third-order valence-electron chi connectivity index (χ3n) is 3.45. The second-order valence-electron chi connectivity index (χ2n) is 5.38. The molecule has 0 heterocycles. The number of carbonyl (C=O) groups excluding carboxylic acids is 2. The summed E-state index contributed by atoms with van der Waals surface area (Å²) in [6, 6.07) is 5.51. The minimum Gasteiger partial charge on any atom is -0.495 e. The maximum Gasteiger partial charge on any atom is 0.510 e. The predicted octanol–water partition coefficient (Wildman–Crippen LogP) is 3.85. The molecular formula is C18H27NO7. The molecule has 0 aliphatic heterocycles. The van der Waals surface area contributed by atoms with Gasteiger partial charge in [-0.3, -0.25) is 4.90 Å². The van der Waals surface area contributed by atoms with E-state index in [1.54, 1.807) is 38.7 Å². The van der Waals surface area contributed by atoms with Crippen molar-refractivity contribution in [3.8, 4) is 5.75 Å². The maximum absolute atomic E-state index is 11.7. The van der Waals surface area contributed by atoms with Gasteiger partial charge in [0.05, 0.1) is 26.0 Å². The minimum atomic E-state index is -0.819. The number of benzene rings is 1. The number of nitrogens with zero attached hydrogens (tertiary/aromatic N) is 1. The lowest BCUT2D eigenvalue weighted by Gasteiger charge is -2.35. The third-order valence-corrected chi connectivity index (χ3v) is 3.45. The van der Waals surface area contributed by atoms with Crippen molar-refractivity contribution in [1.82, 2.24) is 0 Å². The fraction of sp³-hybridized carbons (Fsp3) is 0.556. The Bertz CT molecular complexity index is 579. The highest BCUT2D eigenvalue weighted by Crippen LogP contribution is 2.33. The van der Waals surface area contributed by atoms with Gasteiger partial charge in [-0.05, 0) is 52.3 Å². The molecule has 0 bridgehead atoms. The number of hydrogen-bond donors (Lipinski definition) is 0. The fourth-order valence-corrected chi connectivity index (χ4v) is 2.38.